The number of aliphatic hydroxyl groups excluding tert-OH is 3. The second-order valence-corrected chi connectivity index (χ2v) is 5.19. The number of imidazole rings is 1. The maximum Gasteiger partial charge on any atom is 0.167 e. The van der Waals surface area contributed by atoms with Crippen molar-refractivity contribution < 1.29 is 24.8 Å². The number of ether oxygens (including phenoxy) is 2. The number of hydrogen-bond acceptors (Lipinski definition) is 9. The molecule has 4 atom stereocenters. The lowest BCUT2D eigenvalue weighted by Gasteiger charge is -2.16. The number of aromatic nitrogens is 4. The average Bonchev–Trinajstić information content (AvgIpc) is 3.11. The molecular weight excluding hydrogens is 306 g/mol. The summed E-state index contributed by atoms with van der Waals surface area (Å²) in [6.07, 6.45) is -1.27. The molecule has 2 aromatic heterocycles. The van der Waals surface area contributed by atoms with Crippen LogP contribution in [0.25, 0.3) is 11.2 Å². The molecular formula is C13H19N5O5. The summed E-state index contributed by atoms with van der Waals surface area (Å²) >= 11 is 0. The molecule has 0 aromatic carbocycles. The van der Waals surface area contributed by atoms with E-state index in [9.17, 15) is 15.3 Å². The monoisotopic (exact) mass is 325 g/mol. The fraction of sp³-hybridized carbons (Fsp3) is 0.615. The number of methoxy groups -OCH3 is 1. The topological polar surface area (TPSA) is 135 Å². The molecule has 3 rings (SSSR count). The normalized spacial score (nSPS) is 27.7. The summed E-state index contributed by atoms with van der Waals surface area (Å²) in [7, 11) is 1.60. The minimum Gasteiger partial charge on any atom is -0.394 e. The van der Waals surface area contributed by atoms with E-state index >= 15 is 0 Å². The highest BCUT2D eigenvalue weighted by Gasteiger charge is 2.43. The number of fused-ring (bicyclic) bond motifs is 1. The van der Waals surface area contributed by atoms with Gasteiger partial charge in [-0.2, -0.15) is 0 Å². The Bertz CT molecular complexity index is 665. The lowest BCUT2D eigenvalue weighted by molar-refractivity contribution is -0.0511. The molecule has 1 saturated heterocycles. The van der Waals surface area contributed by atoms with Crippen LogP contribution < -0.4 is 5.32 Å². The third kappa shape index (κ3) is 2.86. The van der Waals surface area contributed by atoms with Crippen LogP contribution in [-0.4, -0.2) is 80.0 Å². The lowest BCUT2D eigenvalue weighted by atomic mass is 10.1. The highest BCUT2D eigenvalue weighted by molar-refractivity contribution is 5.82. The van der Waals surface area contributed by atoms with Gasteiger partial charge in [0.15, 0.2) is 23.2 Å². The molecule has 10 nitrogen and oxygen atoms in total. The van der Waals surface area contributed by atoms with Crippen LogP contribution in [0.15, 0.2) is 12.7 Å². The van der Waals surface area contributed by atoms with Gasteiger partial charge in [-0.15, -0.1) is 0 Å². The van der Waals surface area contributed by atoms with Crippen molar-refractivity contribution in [2.75, 3.05) is 32.2 Å². The van der Waals surface area contributed by atoms with E-state index in [1.54, 1.807) is 7.11 Å². The molecule has 1 aliphatic rings. The Morgan fingerprint density at radius 3 is 2.83 bits per heavy atom. The van der Waals surface area contributed by atoms with E-state index in [0.717, 1.165) is 0 Å². The van der Waals surface area contributed by atoms with Crippen LogP contribution in [0.5, 0.6) is 0 Å². The van der Waals surface area contributed by atoms with Crippen LogP contribution in [-0.2, 0) is 9.47 Å². The molecule has 0 spiro atoms. The maximum atomic E-state index is 10.1. The average molecular weight is 325 g/mol. The molecule has 3 heterocycles. The van der Waals surface area contributed by atoms with Gasteiger partial charge >= 0.3 is 0 Å². The van der Waals surface area contributed by atoms with Crippen molar-refractivity contribution in [3.8, 4) is 0 Å². The summed E-state index contributed by atoms with van der Waals surface area (Å²) in [5, 5.41) is 32.3. The van der Waals surface area contributed by atoms with E-state index in [1.807, 2.05) is 0 Å². The van der Waals surface area contributed by atoms with Crippen molar-refractivity contribution in [2.45, 2.75) is 24.5 Å². The van der Waals surface area contributed by atoms with E-state index < -0.39 is 24.5 Å². The second kappa shape index (κ2) is 6.72. The molecule has 10 heteroatoms. The standard InChI is InChI=1S/C13H19N5O5/c1-22-3-2-14-11-8-12(16-5-15-11)18(6-17-8)13-10(21)9(20)7(4-19)23-13/h5-7,9-10,13,19-21H,2-4H2,1H3,(H,14,15,16)/t7-,9?,10?,13-/m1/s1. The smallest absolute Gasteiger partial charge is 0.167 e. The highest BCUT2D eigenvalue weighted by Crippen LogP contribution is 2.31. The lowest BCUT2D eigenvalue weighted by Crippen LogP contribution is -2.33. The fourth-order valence-corrected chi connectivity index (χ4v) is 2.55. The van der Waals surface area contributed by atoms with E-state index in [2.05, 4.69) is 20.3 Å². The number of anilines is 1. The van der Waals surface area contributed by atoms with Crippen LogP contribution in [0.4, 0.5) is 5.82 Å². The summed E-state index contributed by atoms with van der Waals surface area (Å²) in [6, 6.07) is 0. The number of nitrogens with zero attached hydrogens (tertiary/aromatic N) is 4. The van der Waals surface area contributed by atoms with Crippen LogP contribution >= 0.6 is 0 Å². The van der Waals surface area contributed by atoms with Gasteiger partial charge in [0.2, 0.25) is 0 Å². The van der Waals surface area contributed by atoms with E-state index in [-0.39, 0.29) is 6.61 Å². The molecule has 0 saturated carbocycles. The zero-order valence-corrected chi connectivity index (χ0v) is 12.5. The number of nitrogens with one attached hydrogen (secondary N) is 1. The van der Waals surface area contributed by atoms with Crippen molar-refractivity contribution in [2.24, 2.45) is 0 Å². The Morgan fingerprint density at radius 1 is 1.30 bits per heavy atom. The molecule has 2 unspecified atom stereocenters. The van der Waals surface area contributed by atoms with Crippen molar-refractivity contribution in [3.63, 3.8) is 0 Å². The zero-order chi connectivity index (χ0) is 16.4. The van der Waals surface area contributed by atoms with Gasteiger partial charge in [0.1, 0.15) is 24.6 Å². The van der Waals surface area contributed by atoms with Gasteiger partial charge in [-0.3, -0.25) is 4.57 Å². The Kier molecular flexibility index (Phi) is 4.68. The van der Waals surface area contributed by atoms with Crippen LogP contribution in [0, 0.1) is 0 Å². The van der Waals surface area contributed by atoms with E-state index in [1.165, 1.54) is 17.2 Å². The first-order chi connectivity index (χ1) is 11.2. The van der Waals surface area contributed by atoms with Gasteiger partial charge in [0, 0.05) is 13.7 Å². The number of rotatable bonds is 6. The first kappa shape index (κ1) is 16.0. The van der Waals surface area contributed by atoms with Crippen molar-refractivity contribution in [1.82, 2.24) is 19.5 Å². The summed E-state index contributed by atoms with van der Waals surface area (Å²) in [5.74, 6) is 0.539. The van der Waals surface area contributed by atoms with Gasteiger partial charge < -0.3 is 30.1 Å². The minimum atomic E-state index is -1.19. The van der Waals surface area contributed by atoms with Crippen LogP contribution in [0.1, 0.15) is 6.23 Å². The molecule has 4 N–H and O–H groups in total. The second-order valence-electron chi connectivity index (χ2n) is 5.19. The summed E-state index contributed by atoms with van der Waals surface area (Å²) in [6.45, 7) is 0.685. The van der Waals surface area contributed by atoms with Gasteiger partial charge in [0.25, 0.3) is 0 Å². The van der Waals surface area contributed by atoms with Crippen LogP contribution in [0.2, 0.25) is 0 Å². The predicted molar refractivity (Wildman–Crippen MR) is 78.7 cm³/mol. The first-order valence-electron chi connectivity index (χ1n) is 7.20. The molecule has 2 aromatic rings. The Morgan fingerprint density at radius 2 is 2.13 bits per heavy atom. The molecule has 0 aliphatic carbocycles. The molecule has 0 amide bonds. The molecule has 0 radical (unpaired) electrons. The van der Waals surface area contributed by atoms with Gasteiger partial charge in [0.05, 0.1) is 19.5 Å². The molecule has 0 bridgehead atoms. The number of hydrogen-bond donors (Lipinski definition) is 4. The van der Waals surface area contributed by atoms with E-state index in [0.29, 0.717) is 30.1 Å². The third-order valence-corrected chi connectivity index (χ3v) is 3.75. The fourth-order valence-electron chi connectivity index (χ4n) is 2.55. The molecule has 1 aliphatic heterocycles. The Labute approximate surface area is 131 Å². The first-order valence-corrected chi connectivity index (χ1v) is 7.20. The molecule has 126 valence electrons. The zero-order valence-electron chi connectivity index (χ0n) is 12.5. The largest absolute Gasteiger partial charge is 0.394 e. The van der Waals surface area contributed by atoms with Crippen molar-refractivity contribution >= 4 is 17.0 Å². The third-order valence-electron chi connectivity index (χ3n) is 3.75. The predicted octanol–water partition coefficient (Wildman–Crippen LogP) is -1.50. The van der Waals surface area contributed by atoms with E-state index in [4.69, 9.17) is 9.47 Å². The van der Waals surface area contributed by atoms with Gasteiger partial charge in [-0.1, -0.05) is 0 Å². The highest BCUT2D eigenvalue weighted by atomic mass is 16.6. The Hall–Kier alpha value is -1.85. The van der Waals surface area contributed by atoms with Crippen LogP contribution in [0.3, 0.4) is 0 Å². The van der Waals surface area contributed by atoms with Crippen molar-refractivity contribution in [3.05, 3.63) is 12.7 Å². The molecule has 1 fully saturated rings. The Balaban J connectivity index is 1.90. The quantitative estimate of drug-likeness (QED) is 0.468. The van der Waals surface area contributed by atoms with Gasteiger partial charge in [-0.05, 0) is 0 Å². The minimum absolute atomic E-state index is 0.389. The summed E-state index contributed by atoms with van der Waals surface area (Å²) < 4.78 is 12.0. The van der Waals surface area contributed by atoms with Crippen molar-refractivity contribution in [1.29, 1.82) is 0 Å². The maximum absolute atomic E-state index is 10.1. The summed E-state index contributed by atoms with van der Waals surface area (Å²) in [4.78, 5) is 12.6. The SMILES string of the molecule is COCCNc1ncnc2c1ncn2[C@@H]1O[C@H](CO)C(O)C1O. The number of aliphatic hydroxyl groups is 3. The van der Waals surface area contributed by atoms with Gasteiger partial charge in [-0.25, -0.2) is 15.0 Å². The summed E-state index contributed by atoms with van der Waals surface area (Å²) in [5.41, 5.74) is 0.969. The molecule has 23 heavy (non-hydrogen) atoms.